The minimum Gasteiger partial charge on any atom is -0.309 e. The molecule has 0 aromatic heterocycles. The van der Waals surface area contributed by atoms with Crippen LogP contribution >= 0.6 is 0 Å². The van der Waals surface area contributed by atoms with Gasteiger partial charge in [-0.05, 0) is 26.3 Å². The van der Waals surface area contributed by atoms with E-state index in [0.29, 0.717) is 5.54 Å². The highest BCUT2D eigenvalue weighted by Crippen LogP contribution is 2.19. The fourth-order valence-corrected chi connectivity index (χ4v) is 2.32. The molecule has 1 rings (SSSR count). The summed E-state index contributed by atoms with van der Waals surface area (Å²) in [4.78, 5) is 2.42. The highest BCUT2D eigenvalue weighted by molar-refractivity contribution is 4.90. The molecular weight excluding hydrogens is 148 g/mol. The Balaban J connectivity index is 2.45. The van der Waals surface area contributed by atoms with E-state index >= 15 is 0 Å². The average Bonchev–Trinajstić information content (AvgIpc) is 1.82. The molecule has 0 aromatic rings. The maximum Gasteiger partial charge on any atom is 0.0283 e. The van der Waals surface area contributed by atoms with E-state index in [0.717, 1.165) is 12.5 Å². The van der Waals surface area contributed by atoms with Crippen molar-refractivity contribution in [2.75, 3.05) is 26.7 Å². The molecule has 1 aliphatic rings. The molecule has 1 saturated heterocycles. The zero-order valence-corrected chi connectivity index (χ0v) is 8.85. The van der Waals surface area contributed by atoms with Crippen LogP contribution in [0.3, 0.4) is 0 Å². The summed E-state index contributed by atoms with van der Waals surface area (Å²) in [6, 6.07) is 0. The van der Waals surface area contributed by atoms with E-state index < -0.39 is 0 Å². The second kappa shape index (κ2) is 3.75. The maximum absolute atomic E-state index is 3.62. The second-order valence-corrected chi connectivity index (χ2v) is 4.82. The van der Waals surface area contributed by atoms with E-state index in [1.165, 1.54) is 19.5 Å². The highest BCUT2D eigenvalue weighted by Gasteiger charge is 2.29. The van der Waals surface area contributed by atoms with E-state index in [2.05, 4.69) is 38.0 Å². The van der Waals surface area contributed by atoms with E-state index in [1.54, 1.807) is 0 Å². The van der Waals surface area contributed by atoms with Crippen LogP contribution in [0.25, 0.3) is 0 Å². The third-order valence-electron chi connectivity index (χ3n) is 2.52. The quantitative estimate of drug-likeness (QED) is 0.672. The van der Waals surface area contributed by atoms with E-state index in [4.69, 9.17) is 0 Å². The fraction of sp³-hybridized carbons (Fsp3) is 1.00. The Kier molecular flexibility index (Phi) is 3.13. The van der Waals surface area contributed by atoms with Gasteiger partial charge in [0, 0.05) is 25.2 Å². The SMILES string of the molecule is CC(C)CC1(C)CN(C)CCN1. The lowest BCUT2D eigenvalue weighted by Crippen LogP contribution is -2.58. The van der Waals surface area contributed by atoms with Crippen LogP contribution in [-0.4, -0.2) is 37.1 Å². The molecule has 2 heteroatoms. The van der Waals surface area contributed by atoms with Gasteiger partial charge >= 0.3 is 0 Å². The first-order chi connectivity index (χ1) is 5.52. The van der Waals surface area contributed by atoms with Gasteiger partial charge in [0.2, 0.25) is 0 Å². The number of nitrogens with zero attached hydrogens (tertiary/aromatic N) is 1. The zero-order chi connectivity index (χ0) is 9.19. The van der Waals surface area contributed by atoms with Gasteiger partial charge in [-0.3, -0.25) is 0 Å². The van der Waals surface area contributed by atoms with Crippen molar-refractivity contribution in [3.63, 3.8) is 0 Å². The predicted octanol–water partition coefficient (Wildman–Crippen LogP) is 1.33. The van der Waals surface area contributed by atoms with Gasteiger partial charge in [-0.15, -0.1) is 0 Å². The van der Waals surface area contributed by atoms with E-state index in [1.807, 2.05) is 0 Å². The standard InChI is InChI=1S/C10H22N2/c1-9(2)7-10(3)8-12(4)6-5-11-10/h9,11H,5-8H2,1-4H3. The van der Waals surface area contributed by atoms with Gasteiger partial charge in [-0.1, -0.05) is 13.8 Å². The van der Waals surface area contributed by atoms with Crippen LogP contribution in [0.4, 0.5) is 0 Å². The van der Waals surface area contributed by atoms with E-state index in [-0.39, 0.29) is 0 Å². The van der Waals surface area contributed by atoms with Crippen molar-refractivity contribution < 1.29 is 0 Å². The smallest absolute Gasteiger partial charge is 0.0283 e. The number of hydrogen-bond acceptors (Lipinski definition) is 2. The maximum atomic E-state index is 3.62. The normalized spacial score (nSPS) is 32.8. The van der Waals surface area contributed by atoms with Gasteiger partial charge in [-0.2, -0.15) is 0 Å². The molecule has 1 fully saturated rings. The van der Waals surface area contributed by atoms with E-state index in [9.17, 15) is 0 Å². The number of nitrogens with one attached hydrogen (secondary N) is 1. The first-order valence-electron chi connectivity index (χ1n) is 4.95. The summed E-state index contributed by atoms with van der Waals surface area (Å²) in [7, 11) is 2.21. The second-order valence-electron chi connectivity index (χ2n) is 4.82. The average molecular weight is 170 g/mol. The van der Waals surface area contributed by atoms with Crippen molar-refractivity contribution in [2.45, 2.75) is 32.7 Å². The Morgan fingerprint density at radius 1 is 1.50 bits per heavy atom. The van der Waals surface area contributed by atoms with Crippen LogP contribution < -0.4 is 5.32 Å². The topological polar surface area (TPSA) is 15.3 Å². The molecule has 1 N–H and O–H groups in total. The van der Waals surface area contributed by atoms with Crippen LogP contribution in [0.15, 0.2) is 0 Å². The molecule has 2 nitrogen and oxygen atoms in total. The molecule has 1 heterocycles. The lowest BCUT2D eigenvalue weighted by Gasteiger charge is -2.41. The zero-order valence-electron chi connectivity index (χ0n) is 8.85. The van der Waals surface area contributed by atoms with Crippen molar-refractivity contribution in [1.82, 2.24) is 10.2 Å². The number of piperazine rings is 1. The van der Waals surface area contributed by atoms with Crippen LogP contribution in [0, 0.1) is 5.92 Å². The largest absolute Gasteiger partial charge is 0.309 e. The molecule has 0 radical (unpaired) electrons. The van der Waals surface area contributed by atoms with Crippen molar-refractivity contribution in [3.05, 3.63) is 0 Å². The molecule has 0 aliphatic carbocycles. The Bertz CT molecular complexity index is 141. The summed E-state index contributed by atoms with van der Waals surface area (Å²) in [6.45, 7) is 10.4. The predicted molar refractivity (Wildman–Crippen MR) is 53.4 cm³/mol. The van der Waals surface area contributed by atoms with Crippen molar-refractivity contribution in [1.29, 1.82) is 0 Å². The van der Waals surface area contributed by atoms with Gasteiger partial charge in [0.05, 0.1) is 0 Å². The lowest BCUT2D eigenvalue weighted by molar-refractivity contribution is 0.149. The number of likely N-dealkylation sites (N-methyl/N-ethyl adjacent to an activating group) is 1. The van der Waals surface area contributed by atoms with Crippen LogP contribution in [0.2, 0.25) is 0 Å². The van der Waals surface area contributed by atoms with Crippen molar-refractivity contribution in [3.8, 4) is 0 Å². The number of rotatable bonds is 2. The third-order valence-corrected chi connectivity index (χ3v) is 2.52. The van der Waals surface area contributed by atoms with Crippen LogP contribution in [0.5, 0.6) is 0 Å². The molecule has 0 aromatic carbocycles. The Hall–Kier alpha value is -0.0800. The molecule has 72 valence electrons. The Labute approximate surface area is 76.3 Å². The number of hydrogen-bond donors (Lipinski definition) is 1. The third kappa shape index (κ3) is 2.76. The monoisotopic (exact) mass is 170 g/mol. The molecule has 0 amide bonds. The molecule has 0 spiro atoms. The summed E-state index contributed by atoms with van der Waals surface area (Å²) in [5.74, 6) is 0.786. The van der Waals surface area contributed by atoms with Gasteiger partial charge < -0.3 is 10.2 Å². The first kappa shape index (κ1) is 10.0. The lowest BCUT2D eigenvalue weighted by atomic mass is 9.89. The summed E-state index contributed by atoms with van der Waals surface area (Å²) in [6.07, 6.45) is 1.28. The first-order valence-corrected chi connectivity index (χ1v) is 4.95. The van der Waals surface area contributed by atoms with Crippen molar-refractivity contribution in [2.24, 2.45) is 5.92 Å². The summed E-state index contributed by atoms with van der Waals surface area (Å²) in [5.41, 5.74) is 0.348. The molecule has 1 atom stereocenters. The van der Waals surface area contributed by atoms with Gasteiger partial charge in [0.15, 0.2) is 0 Å². The van der Waals surface area contributed by atoms with Gasteiger partial charge in [-0.25, -0.2) is 0 Å². The minimum absolute atomic E-state index is 0.348. The van der Waals surface area contributed by atoms with Gasteiger partial charge in [0.1, 0.15) is 0 Å². The highest BCUT2D eigenvalue weighted by atomic mass is 15.2. The fourth-order valence-electron chi connectivity index (χ4n) is 2.32. The van der Waals surface area contributed by atoms with Crippen LogP contribution in [-0.2, 0) is 0 Å². The molecule has 1 aliphatic heterocycles. The molecule has 0 saturated carbocycles. The Morgan fingerprint density at radius 3 is 2.67 bits per heavy atom. The van der Waals surface area contributed by atoms with Crippen LogP contribution in [0.1, 0.15) is 27.2 Å². The summed E-state index contributed by atoms with van der Waals surface area (Å²) in [5, 5.41) is 3.62. The van der Waals surface area contributed by atoms with Gasteiger partial charge in [0.25, 0.3) is 0 Å². The Morgan fingerprint density at radius 2 is 2.17 bits per heavy atom. The summed E-state index contributed by atoms with van der Waals surface area (Å²) >= 11 is 0. The minimum atomic E-state index is 0.348. The molecule has 12 heavy (non-hydrogen) atoms. The molecular formula is C10H22N2. The molecule has 1 unspecified atom stereocenters. The molecule has 0 bridgehead atoms. The van der Waals surface area contributed by atoms with Crippen molar-refractivity contribution >= 4 is 0 Å². The summed E-state index contributed by atoms with van der Waals surface area (Å²) < 4.78 is 0.